The molecule has 88 valence electrons. The summed E-state index contributed by atoms with van der Waals surface area (Å²) in [7, 11) is 0. The van der Waals surface area contributed by atoms with E-state index in [1.54, 1.807) is 0 Å². The molecule has 0 amide bonds. The number of aryl methyl sites for hydroxylation is 2. The highest BCUT2D eigenvalue weighted by atomic mass is 15.0. The highest BCUT2D eigenvalue weighted by Gasteiger charge is 2.04. The number of benzene rings is 1. The Morgan fingerprint density at radius 1 is 1.18 bits per heavy atom. The highest BCUT2D eigenvalue weighted by molar-refractivity contribution is 5.84. The fraction of sp³-hybridized carbons (Fsp3) is 0.250. The van der Waals surface area contributed by atoms with Crippen molar-refractivity contribution >= 4 is 17.0 Å². The molecular formula is C16H19N. The number of hydrogen-bond acceptors (Lipinski definition) is 0. The summed E-state index contributed by atoms with van der Waals surface area (Å²) in [5.74, 6) is 0. The summed E-state index contributed by atoms with van der Waals surface area (Å²) < 4.78 is 2.35. The SMILES string of the molecule is C/C=C\C=C/c1cc2ccc(C)cc2n1CC. The number of rotatable bonds is 3. The van der Waals surface area contributed by atoms with Crippen LogP contribution in [0.1, 0.15) is 25.1 Å². The molecule has 0 saturated heterocycles. The molecule has 0 saturated carbocycles. The van der Waals surface area contributed by atoms with Crippen molar-refractivity contribution in [1.29, 1.82) is 0 Å². The molecule has 1 heteroatoms. The van der Waals surface area contributed by atoms with Gasteiger partial charge in [0, 0.05) is 23.1 Å². The Bertz CT molecular complexity index is 570. The molecule has 0 atom stereocenters. The van der Waals surface area contributed by atoms with Gasteiger partial charge < -0.3 is 4.57 Å². The highest BCUT2D eigenvalue weighted by Crippen LogP contribution is 2.22. The largest absolute Gasteiger partial charge is 0.341 e. The van der Waals surface area contributed by atoms with Crippen molar-refractivity contribution in [3.05, 3.63) is 53.8 Å². The molecule has 17 heavy (non-hydrogen) atoms. The van der Waals surface area contributed by atoms with Gasteiger partial charge in [0.2, 0.25) is 0 Å². The van der Waals surface area contributed by atoms with Crippen LogP contribution < -0.4 is 0 Å². The lowest BCUT2D eigenvalue weighted by Crippen LogP contribution is -1.95. The number of allylic oxidation sites excluding steroid dienone is 3. The van der Waals surface area contributed by atoms with Gasteiger partial charge in [-0.3, -0.25) is 0 Å². The monoisotopic (exact) mass is 225 g/mol. The summed E-state index contributed by atoms with van der Waals surface area (Å²) >= 11 is 0. The van der Waals surface area contributed by atoms with E-state index < -0.39 is 0 Å². The normalized spacial score (nSPS) is 12.2. The van der Waals surface area contributed by atoms with Crippen LogP contribution in [0.15, 0.2) is 42.5 Å². The lowest BCUT2D eigenvalue weighted by atomic mass is 10.2. The molecule has 0 N–H and O–H groups in total. The fourth-order valence-electron chi connectivity index (χ4n) is 2.14. The molecule has 0 aliphatic rings. The van der Waals surface area contributed by atoms with E-state index in [9.17, 15) is 0 Å². The number of aromatic nitrogens is 1. The zero-order valence-corrected chi connectivity index (χ0v) is 10.8. The maximum atomic E-state index is 2.35. The summed E-state index contributed by atoms with van der Waals surface area (Å²) in [6.45, 7) is 7.36. The van der Waals surface area contributed by atoms with E-state index in [1.807, 2.05) is 13.0 Å². The Morgan fingerprint density at radius 2 is 2.00 bits per heavy atom. The first-order chi connectivity index (χ1) is 8.26. The van der Waals surface area contributed by atoms with Gasteiger partial charge in [-0.25, -0.2) is 0 Å². The lowest BCUT2D eigenvalue weighted by Gasteiger charge is -2.04. The molecule has 0 unspecified atom stereocenters. The predicted octanol–water partition coefficient (Wildman–Crippen LogP) is 4.56. The van der Waals surface area contributed by atoms with Gasteiger partial charge >= 0.3 is 0 Å². The van der Waals surface area contributed by atoms with Crippen molar-refractivity contribution < 1.29 is 0 Å². The molecule has 2 aromatic rings. The summed E-state index contributed by atoms with van der Waals surface area (Å²) in [6, 6.07) is 8.87. The van der Waals surface area contributed by atoms with Gasteiger partial charge in [-0.05, 0) is 44.5 Å². The zero-order chi connectivity index (χ0) is 12.3. The topological polar surface area (TPSA) is 4.93 Å². The minimum Gasteiger partial charge on any atom is -0.341 e. The van der Waals surface area contributed by atoms with Crippen LogP contribution in [-0.4, -0.2) is 4.57 Å². The van der Waals surface area contributed by atoms with Crippen LogP contribution in [-0.2, 0) is 6.54 Å². The van der Waals surface area contributed by atoms with Gasteiger partial charge in [0.1, 0.15) is 0 Å². The predicted molar refractivity (Wildman–Crippen MR) is 76.2 cm³/mol. The second-order valence-corrected chi connectivity index (χ2v) is 4.26. The summed E-state index contributed by atoms with van der Waals surface area (Å²) in [4.78, 5) is 0. The van der Waals surface area contributed by atoms with Crippen molar-refractivity contribution in [3.8, 4) is 0 Å². The van der Waals surface area contributed by atoms with Crippen LogP contribution in [0.2, 0.25) is 0 Å². The van der Waals surface area contributed by atoms with Gasteiger partial charge in [-0.1, -0.05) is 30.4 Å². The van der Waals surface area contributed by atoms with Gasteiger partial charge in [0.15, 0.2) is 0 Å². The summed E-state index contributed by atoms with van der Waals surface area (Å²) in [5.41, 5.74) is 3.91. The fourth-order valence-corrected chi connectivity index (χ4v) is 2.14. The van der Waals surface area contributed by atoms with E-state index in [1.165, 1.54) is 22.2 Å². The smallest absolute Gasteiger partial charge is 0.0487 e. The maximum Gasteiger partial charge on any atom is 0.0487 e. The molecule has 0 spiro atoms. The van der Waals surface area contributed by atoms with Crippen LogP contribution in [0.4, 0.5) is 0 Å². The maximum absolute atomic E-state index is 2.35. The molecule has 0 aliphatic heterocycles. The minimum atomic E-state index is 1.00. The van der Waals surface area contributed by atoms with Crippen molar-refractivity contribution in [2.45, 2.75) is 27.3 Å². The lowest BCUT2D eigenvalue weighted by molar-refractivity contribution is 0.789. The average molecular weight is 225 g/mol. The van der Waals surface area contributed by atoms with Crippen LogP contribution in [0, 0.1) is 6.92 Å². The van der Waals surface area contributed by atoms with Gasteiger partial charge in [-0.15, -0.1) is 0 Å². The van der Waals surface area contributed by atoms with E-state index in [4.69, 9.17) is 0 Å². The van der Waals surface area contributed by atoms with E-state index in [-0.39, 0.29) is 0 Å². The molecule has 0 fully saturated rings. The van der Waals surface area contributed by atoms with Crippen LogP contribution in [0.3, 0.4) is 0 Å². The quantitative estimate of drug-likeness (QED) is 0.675. The van der Waals surface area contributed by atoms with Crippen LogP contribution in [0.5, 0.6) is 0 Å². The van der Waals surface area contributed by atoms with Crippen molar-refractivity contribution in [2.75, 3.05) is 0 Å². The van der Waals surface area contributed by atoms with E-state index in [0.717, 1.165) is 6.54 Å². The van der Waals surface area contributed by atoms with Gasteiger partial charge in [0.25, 0.3) is 0 Å². The van der Waals surface area contributed by atoms with Crippen molar-refractivity contribution in [1.82, 2.24) is 4.57 Å². The molecule has 0 bridgehead atoms. The third kappa shape index (κ3) is 2.33. The summed E-state index contributed by atoms with van der Waals surface area (Å²) in [6.07, 6.45) is 8.36. The minimum absolute atomic E-state index is 1.00. The third-order valence-electron chi connectivity index (χ3n) is 2.98. The van der Waals surface area contributed by atoms with E-state index in [0.29, 0.717) is 0 Å². The Labute approximate surface area is 103 Å². The molecular weight excluding hydrogens is 206 g/mol. The molecule has 0 radical (unpaired) electrons. The van der Waals surface area contributed by atoms with Crippen LogP contribution in [0.25, 0.3) is 17.0 Å². The van der Waals surface area contributed by atoms with E-state index in [2.05, 4.69) is 60.9 Å². The number of nitrogens with zero attached hydrogens (tertiary/aromatic N) is 1. The molecule has 1 aromatic carbocycles. The third-order valence-corrected chi connectivity index (χ3v) is 2.98. The van der Waals surface area contributed by atoms with Crippen LogP contribution >= 0.6 is 0 Å². The molecule has 1 nitrogen and oxygen atoms in total. The Morgan fingerprint density at radius 3 is 2.71 bits per heavy atom. The Kier molecular flexibility index (Phi) is 3.48. The van der Waals surface area contributed by atoms with Crippen molar-refractivity contribution in [2.24, 2.45) is 0 Å². The summed E-state index contributed by atoms with van der Waals surface area (Å²) in [5, 5.41) is 1.32. The first kappa shape index (κ1) is 11.7. The van der Waals surface area contributed by atoms with E-state index >= 15 is 0 Å². The first-order valence-electron chi connectivity index (χ1n) is 6.15. The Hall–Kier alpha value is -1.76. The first-order valence-corrected chi connectivity index (χ1v) is 6.15. The molecule has 2 rings (SSSR count). The second kappa shape index (κ2) is 5.05. The second-order valence-electron chi connectivity index (χ2n) is 4.26. The average Bonchev–Trinajstić information content (AvgIpc) is 2.66. The molecule has 0 aliphatic carbocycles. The Balaban J connectivity index is 2.56. The van der Waals surface area contributed by atoms with Crippen molar-refractivity contribution in [3.63, 3.8) is 0 Å². The standard InChI is InChI=1S/C16H19N/c1-4-6-7-8-15-12-14-10-9-13(3)11-16(14)17(15)5-2/h4,6-12H,5H2,1-3H3/b6-4-,8-7-. The molecule has 1 aromatic heterocycles. The number of hydrogen-bond donors (Lipinski definition) is 0. The van der Waals surface area contributed by atoms with Gasteiger partial charge in [-0.2, -0.15) is 0 Å². The number of fused-ring (bicyclic) bond motifs is 1. The zero-order valence-electron chi connectivity index (χ0n) is 10.8. The van der Waals surface area contributed by atoms with Gasteiger partial charge in [0.05, 0.1) is 0 Å². The molecule has 1 heterocycles.